The average molecular weight is 384 g/mol. The van der Waals surface area contributed by atoms with E-state index in [0.717, 1.165) is 11.1 Å². The van der Waals surface area contributed by atoms with Gasteiger partial charge in [0.15, 0.2) is 0 Å². The van der Waals surface area contributed by atoms with Crippen LogP contribution in [0.15, 0.2) is 60.7 Å². The van der Waals surface area contributed by atoms with Gasteiger partial charge in [-0.2, -0.15) is 0 Å². The molecule has 0 bridgehead atoms. The number of halogens is 3. The van der Waals surface area contributed by atoms with E-state index in [0.29, 0.717) is 0 Å². The first-order valence-corrected chi connectivity index (χ1v) is 18.9. The second-order valence-corrected chi connectivity index (χ2v) is 46.5. The number of rotatable bonds is 2. The van der Waals surface area contributed by atoms with Crippen molar-refractivity contribution in [3.05, 3.63) is 71.8 Å². The van der Waals surface area contributed by atoms with Crippen LogP contribution >= 0.6 is 0 Å². The Balaban J connectivity index is 1.50. The Labute approximate surface area is 134 Å². The fourth-order valence-corrected chi connectivity index (χ4v) is 146. The summed E-state index contributed by atoms with van der Waals surface area (Å²) < 4.78 is 45.1. The number of alkyl halides is 3. The Morgan fingerprint density at radius 1 is 0.538 bits per heavy atom. The molecule has 26 heavy (non-hydrogen) atoms. The predicted octanol–water partition coefficient (Wildman–Crippen LogP) is 5.22. The molecule has 0 saturated carbocycles. The van der Waals surface area contributed by atoms with E-state index in [4.69, 9.17) is 0 Å². The summed E-state index contributed by atoms with van der Waals surface area (Å²) in [6.07, 6.45) is 0. The maximum atomic E-state index is 17.2. The normalized spacial score (nSPS) is 93.3. The quantitative estimate of drug-likeness (QED) is 0.623. The molecule has 0 nitrogen and oxygen atoms in total. The van der Waals surface area contributed by atoms with Crippen molar-refractivity contribution in [3.63, 3.8) is 0 Å². The second-order valence-electron chi connectivity index (χ2n) is 15.4. The van der Waals surface area contributed by atoms with Crippen LogP contribution in [-0.4, -0.2) is 11.9 Å². The third-order valence-electron chi connectivity index (χ3n) is 22.8. The second kappa shape index (κ2) is 1.14. The van der Waals surface area contributed by atoms with Crippen molar-refractivity contribution < 1.29 is 22.1 Å². The van der Waals surface area contributed by atoms with Crippen molar-refractivity contribution in [2.45, 2.75) is 40.5 Å². The van der Waals surface area contributed by atoms with Crippen molar-refractivity contribution in [2.75, 3.05) is 0 Å². The first-order valence-electron chi connectivity index (χ1n) is 10.5. The molecular formula is C22H15F3Ti. The minimum absolute atomic E-state index is 0.163. The van der Waals surface area contributed by atoms with Gasteiger partial charge in [-0.05, 0) is 0 Å². The van der Waals surface area contributed by atoms with E-state index < -0.39 is 28.3 Å². The molecule has 4 atom stereocenters. The van der Waals surface area contributed by atoms with Crippen LogP contribution in [0.4, 0.5) is 13.2 Å². The number of benzene rings is 2. The zero-order chi connectivity index (χ0) is 16.9. The zero-order valence-electron chi connectivity index (χ0n) is 13.8. The summed E-state index contributed by atoms with van der Waals surface area (Å²) in [5.74, 6) is 0. The van der Waals surface area contributed by atoms with E-state index in [1.54, 1.807) is 0 Å². The Morgan fingerprint density at radius 3 is 1.15 bits per heavy atom. The van der Waals surface area contributed by atoms with Crippen LogP contribution in [0, 0.1) is 0 Å². The van der Waals surface area contributed by atoms with E-state index in [1.807, 2.05) is 60.7 Å². The summed E-state index contributed by atoms with van der Waals surface area (Å²) in [5.41, 5.74) is 1.93. The summed E-state index contributed by atoms with van der Waals surface area (Å²) in [5, 5.41) is 0. The fraction of sp³-hybridized carbons (Fsp3) is 0.455. The fourth-order valence-electron chi connectivity index (χ4n) is 27.7. The van der Waals surface area contributed by atoms with Crippen molar-refractivity contribution in [1.29, 1.82) is 0 Å². The zero-order valence-corrected chi connectivity index (χ0v) is 15.4. The third kappa shape index (κ3) is 0.125. The molecule has 12 rings (SSSR count). The standard InChI is InChI=1S/C17H10F3.C5H5.Ti/c18-15-13(11-7-3-1-4-8-11)14(16(19)17(15)20)12-9-5-2-6-10-12;1-2-4-5-3-1;/h1-10H;1-5H;. The molecule has 2 aromatic rings. The summed E-state index contributed by atoms with van der Waals surface area (Å²) in [4.78, 5) is 0. The molecule has 1 spiro atoms. The van der Waals surface area contributed by atoms with E-state index in [2.05, 4.69) is 0 Å². The molecule has 2 aromatic carbocycles. The number of hydrogen-bond donors (Lipinski definition) is 0. The van der Waals surface area contributed by atoms with Crippen LogP contribution in [0.1, 0.15) is 11.1 Å². The Kier molecular flexibility index (Phi) is 0.487. The van der Waals surface area contributed by atoms with Crippen LogP contribution in [0.2, 0.25) is 21.1 Å². The van der Waals surface area contributed by atoms with Crippen LogP contribution in [0.5, 0.6) is 0 Å². The van der Waals surface area contributed by atoms with E-state index >= 15 is 13.2 Å². The first-order chi connectivity index (χ1) is 12.3. The molecule has 10 aliphatic rings. The molecule has 0 radical (unpaired) electrons. The predicted molar refractivity (Wildman–Crippen MR) is 86.5 cm³/mol. The van der Waals surface area contributed by atoms with Gasteiger partial charge >= 0.3 is 134 Å². The van der Waals surface area contributed by atoms with Crippen molar-refractivity contribution in [2.24, 2.45) is 0 Å². The topological polar surface area (TPSA) is 0 Å². The monoisotopic (exact) mass is 384 g/mol. The molecule has 4 unspecified atom stereocenters. The summed E-state index contributed by atoms with van der Waals surface area (Å²) >= 11 is 0. The Hall–Kier alpha value is -1.06. The van der Waals surface area contributed by atoms with Gasteiger partial charge in [0.05, 0.1) is 0 Å². The van der Waals surface area contributed by atoms with Crippen molar-refractivity contribution >= 4 is 0 Å². The SMILES string of the molecule is F[C]12[C]3(F)[C]4(c5ccccc5)[C]5(c6ccccc6)[C]1(F)[Ti]23451678[CH]2[CH]1[CH]6[CH]7[CH]28. The molecule has 0 aromatic heterocycles. The molecule has 10 saturated heterocycles. The van der Waals surface area contributed by atoms with Gasteiger partial charge < -0.3 is 0 Å². The van der Waals surface area contributed by atoms with Gasteiger partial charge in [-0.3, -0.25) is 0 Å². The molecule has 10 aliphatic heterocycles. The minimum atomic E-state index is -6.29. The number of hydrogen-bond acceptors (Lipinski definition) is 0. The maximum absolute atomic E-state index is 17.2. The molecule has 0 aliphatic carbocycles. The van der Waals surface area contributed by atoms with Crippen LogP contribution in [-0.2, 0) is 16.3 Å². The van der Waals surface area contributed by atoms with Crippen LogP contribution < -0.4 is 0 Å². The third-order valence-corrected chi connectivity index (χ3v) is 82.1. The Morgan fingerprint density at radius 2 is 0.885 bits per heavy atom. The average Bonchev–Trinajstić information content (AvgIpc) is 3.64. The molecule has 0 amide bonds. The Bertz CT molecular complexity index is 1510. The molecule has 10 heterocycles. The molecular weight excluding hydrogens is 369 g/mol. The van der Waals surface area contributed by atoms with Crippen molar-refractivity contribution in [3.8, 4) is 0 Å². The van der Waals surface area contributed by atoms with Crippen molar-refractivity contribution in [1.82, 2.24) is 0 Å². The summed E-state index contributed by atoms with van der Waals surface area (Å²) in [7, 11) is -6.29. The van der Waals surface area contributed by atoms with Gasteiger partial charge in [0.25, 0.3) is 0 Å². The molecule has 4 heteroatoms. The molecule has 128 valence electrons. The van der Waals surface area contributed by atoms with Gasteiger partial charge in [-0.25, -0.2) is 0 Å². The first kappa shape index (κ1) is 11.1. The summed E-state index contributed by atoms with van der Waals surface area (Å²) in [6, 6.07) is 19.7. The van der Waals surface area contributed by atoms with Crippen LogP contribution in [0.25, 0.3) is 0 Å². The van der Waals surface area contributed by atoms with E-state index in [9.17, 15) is 0 Å². The van der Waals surface area contributed by atoms with Gasteiger partial charge in [0.1, 0.15) is 0 Å². The van der Waals surface area contributed by atoms with Gasteiger partial charge in [0.2, 0.25) is 0 Å². The van der Waals surface area contributed by atoms with E-state index in [-0.39, 0.29) is 21.1 Å². The van der Waals surface area contributed by atoms with E-state index in [1.165, 1.54) is 0 Å². The molecule has 10 fully saturated rings. The number of fused-ring (bicyclic) bond motifs is 10. The van der Waals surface area contributed by atoms with Gasteiger partial charge in [-0.1, -0.05) is 0 Å². The summed E-state index contributed by atoms with van der Waals surface area (Å²) in [6.45, 7) is 0. The van der Waals surface area contributed by atoms with Gasteiger partial charge in [-0.15, -0.1) is 0 Å². The van der Waals surface area contributed by atoms with Gasteiger partial charge in [0, 0.05) is 0 Å². The van der Waals surface area contributed by atoms with Crippen LogP contribution in [0.3, 0.4) is 0 Å². The molecule has 0 N–H and O–H groups in total.